The summed E-state index contributed by atoms with van der Waals surface area (Å²) >= 11 is 0. The highest BCUT2D eigenvalue weighted by Crippen LogP contribution is 2.17. The molecule has 1 amide bonds. The minimum Gasteiger partial charge on any atom is -0.341 e. The summed E-state index contributed by atoms with van der Waals surface area (Å²) in [4.78, 5) is 17.0. The van der Waals surface area contributed by atoms with Crippen LogP contribution in [0.3, 0.4) is 0 Å². The lowest BCUT2D eigenvalue weighted by Gasteiger charge is -2.31. The third-order valence-electron chi connectivity index (χ3n) is 4.77. The zero-order valence-electron chi connectivity index (χ0n) is 12.8. The Bertz CT molecular complexity index is 472. The first-order chi connectivity index (χ1) is 10.2. The molecule has 21 heavy (non-hydrogen) atoms. The van der Waals surface area contributed by atoms with Crippen LogP contribution in [0.2, 0.25) is 0 Å². The van der Waals surface area contributed by atoms with Crippen molar-refractivity contribution in [3.63, 3.8) is 0 Å². The summed E-state index contributed by atoms with van der Waals surface area (Å²) in [6.45, 7) is 7.73. The van der Waals surface area contributed by atoms with E-state index in [1.807, 2.05) is 0 Å². The Hall–Kier alpha value is -1.39. The van der Waals surface area contributed by atoms with Crippen LogP contribution in [0, 0.1) is 5.92 Å². The molecule has 2 fully saturated rings. The van der Waals surface area contributed by atoms with Crippen LogP contribution in [-0.4, -0.2) is 54.5 Å². The number of hydrogen-bond donors (Lipinski definition) is 1. The standard InChI is InChI=1S/C17H25N3O/c1-14-7-8-19(17(21)16-11-18-12-16)9-10-20(14)13-15-5-3-2-4-6-15/h2-6,14,16,18H,7-13H2,1H3. The van der Waals surface area contributed by atoms with Gasteiger partial charge in [-0.1, -0.05) is 30.3 Å². The molecule has 2 aliphatic rings. The number of hydrogen-bond acceptors (Lipinski definition) is 3. The second kappa shape index (κ2) is 6.58. The van der Waals surface area contributed by atoms with E-state index in [0.717, 1.165) is 45.7 Å². The van der Waals surface area contributed by atoms with Gasteiger partial charge >= 0.3 is 0 Å². The van der Waals surface area contributed by atoms with Crippen LogP contribution in [0.4, 0.5) is 0 Å². The van der Waals surface area contributed by atoms with Gasteiger partial charge in [-0.3, -0.25) is 9.69 Å². The van der Waals surface area contributed by atoms with Crippen LogP contribution in [0.25, 0.3) is 0 Å². The molecule has 0 spiro atoms. The van der Waals surface area contributed by atoms with Crippen molar-refractivity contribution in [2.75, 3.05) is 32.7 Å². The molecular weight excluding hydrogens is 262 g/mol. The van der Waals surface area contributed by atoms with Gasteiger partial charge in [-0.2, -0.15) is 0 Å². The first kappa shape index (κ1) is 14.5. The van der Waals surface area contributed by atoms with Crippen molar-refractivity contribution in [1.29, 1.82) is 0 Å². The van der Waals surface area contributed by atoms with Gasteiger partial charge in [0, 0.05) is 45.3 Å². The molecule has 0 radical (unpaired) electrons. The molecule has 1 N–H and O–H groups in total. The maximum Gasteiger partial charge on any atom is 0.228 e. The second-order valence-corrected chi connectivity index (χ2v) is 6.27. The zero-order chi connectivity index (χ0) is 14.7. The molecule has 2 heterocycles. The summed E-state index contributed by atoms with van der Waals surface area (Å²) in [5, 5.41) is 3.19. The van der Waals surface area contributed by atoms with Crippen LogP contribution < -0.4 is 5.32 Å². The quantitative estimate of drug-likeness (QED) is 0.911. The molecule has 1 atom stereocenters. The third-order valence-corrected chi connectivity index (χ3v) is 4.77. The molecular formula is C17H25N3O. The fourth-order valence-electron chi connectivity index (χ4n) is 3.10. The predicted octanol–water partition coefficient (Wildman–Crippen LogP) is 1.33. The Balaban J connectivity index is 1.59. The molecule has 0 bridgehead atoms. The largest absolute Gasteiger partial charge is 0.341 e. The number of nitrogens with one attached hydrogen (secondary N) is 1. The van der Waals surface area contributed by atoms with Gasteiger partial charge in [0.05, 0.1) is 5.92 Å². The van der Waals surface area contributed by atoms with E-state index in [2.05, 4.69) is 52.4 Å². The Morgan fingerprint density at radius 2 is 1.95 bits per heavy atom. The smallest absolute Gasteiger partial charge is 0.228 e. The van der Waals surface area contributed by atoms with Gasteiger partial charge in [0.15, 0.2) is 0 Å². The molecule has 0 aromatic heterocycles. The maximum atomic E-state index is 12.4. The second-order valence-electron chi connectivity index (χ2n) is 6.27. The molecule has 0 aliphatic carbocycles. The number of rotatable bonds is 3. The van der Waals surface area contributed by atoms with Crippen molar-refractivity contribution in [2.24, 2.45) is 5.92 Å². The average Bonchev–Trinajstić information content (AvgIpc) is 2.61. The van der Waals surface area contributed by atoms with Gasteiger partial charge in [0.2, 0.25) is 5.91 Å². The normalized spacial score (nSPS) is 24.4. The van der Waals surface area contributed by atoms with Crippen LogP contribution >= 0.6 is 0 Å². The Kier molecular flexibility index (Phi) is 4.56. The summed E-state index contributed by atoms with van der Waals surface area (Å²) in [7, 11) is 0. The lowest BCUT2D eigenvalue weighted by atomic mass is 10.0. The van der Waals surface area contributed by atoms with Crippen LogP contribution in [0.1, 0.15) is 18.9 Å². The molecule has 1 unspecified atom stereocenters. The SMILES string of the molecule is CC1CCN(C(=O)C2CNC2)CCN1Cc1ccccc1. The van der Waals surface area contributed by atoms with Crippen molar-refractivity contribution in [1.82, 2.24) is 15.1 Å². The van der Waals surface area contributed by atoms with Gasteiger partial charge < -0.3 is 10.2 Å². The molecule has 1 aromatic rings. The molecule has 114 valence electrons. The van der Waals surface area contributed by atoms with E-state index in [4.69, 9.17) is 0 Å². The fraction of sp³-hybridized carbons (Fsp3) is 0.588. The molecule has 3 rings (SSSR count). The highest BCUT2D eigenvalue weighted by molar-refractivity contribution is 5.80. The van der Waals surface area contributed by atoms with Crippen molar-refractivity contribution < 1.29 is 4.79 Å². The van der Waals surface area contributed by atoms with E-state index in [9.17, 15) is 4.79 Å². The van der Waals surface area contributed by atoms with E-state index < -0.39 is 0 Å². The number of benzene rings is 1. The van der Waals surface area contributed by atoms with E-state index in [1.165, 1.54) is 5.56 Å². The average molecular weight is 287 g/mol. The van der Waals surface area contributed by atoms with Crippen molar-refractivity contribution >= 4 is 5.91 Å². The lowest BCUT2D eigenvalue weighted by molar-refractivity contribution is -0.136. The summed E-state index contributed by atoms with van der Waals surface area (Å²) in [5.41, 5.74) is 1.35. The molecule has 4 heteroatoms. The molecule has 2 aliphatic heterocycles. The van der Waals surface area contributed by atoms with Gasteiger partial charge in [-0.15, -0.1) is 0 Å². The Morgan fingerprint density at radius 1 is 1.19 bits per heavy atom. The number of nitrogens with zero attached hydrogens (tertiary/aromatic N) is 2. The van der Waals surface area contributed by atoms with Crippen molar-refractivity contribution in [3.05, 3.63) is 35.9 Å². The first-order valence-corrected chi connectivity index (χ1v) is 8.01. The fourth-order valence-corrected chi connectivity index (χ4v) is 3.10. The molecule has 2 saturated heterocycles. The highest BCUT2D eigenvalue weighted by Gasteiger charge is 2.31. The molecule has 1 aromatic carbocycles. The van der Waals surface area contributed by atoms with Gasteiger partial charge in [-0.05, 0) is 18.9 Å². The number of carbonyl (C=O) groups is 1. The maximum absolute atomic E-state index is 12.4. The predicted molar refractivity (Wildman–Crippen MR) is 83.9 cm³/mol. The zero-order valence-corrected chi connectivity index (χ0v) is 12.8. The minimum atomic E-state index is 0.223. The summed E-state index contributed by atoms with van der Waals surface area (Å²) < 4.78 is 0. The summed E-state index contributed by atoms with van der Waals surface area (Å²) in [5.74, 6) is 0.573. The molecule has 4 nitrogen and oxygen atoms in total. The van der Waals surface area contributed by atoms with E-state index in [0.29, 0.717) is 11.9 Å². The van der Waals surface area contributed by atoms with Gasteiger partial charge in [0.1, 0.15) is 0 Å². The minimum absolute atomic E-state index is 0.223. The van der Waals surface area contributed by atoms with Gasteiger partial charge in [-0.25, -0.2) is 0 Å². The van der Waals surface area contributed by atoms with E-state index >= 15 is 0 Å². The monoisotopic (exact) mass is 287 g/mol. The molecule has 0 saturated carbocycles. The van der Waals surface area contributed by atoms with Crippen LogP contribution in [0.15, 0.2) is 30.3 Å². The van der Waals surface area contributed by atoms with Crippen LogP contribution in [-0.2, 0) is 11.3 Å². The van der Waals surface area contributed by atoms with Crippen molar-refractivity contribution in [2.45, 2.75) is 25.9 Å². The number of carbonyl (C=O) groups excluding carboxylic acids is 1. The van der Waals surface area contributed by atoms with E-state index in [1.54, 1.807) is 0 Å². The Labute approximate surface area is 127 Å². The Morgan fingerprint density at radius 3 is 2.62 bits per heavy atom. The lowest BCUT2D eigenvalue weighted by Crippen LogP contribution is -2.52. The van der Waals surface area contributed by atoms with Crippen LogP contribution in [0.5, 0.6) is 0 Å². The third kappa shape index (κ3) is 3.44. The van der Waals surface area contributed by atoms with Crippen molar-refractivity contribution in [3.8, 4) is 0 Å². The van der Waals surface area contributed by atoms with E-state index in [-0.39, 0.29) is 5.92 Å². The highest BCUT2D eigenvalue weighted by atomic mass is 16.2. The first-order valence-electron chi connectivity index (χ1n) is 8.01. The summed E-state index contributed by atoms with van der Waals surface area (Å²) in [6.07, 6.45) is 1.07. The van der Waals surface area contributed by atoms with Gasteiger partial charge in [0.25, 0.3) is 0 Å². The summed E-state index contributed by atoms with van der Waals surface area (Å²) in [6, 6.07) is 11.1. The topological polar surface area (TPSA) is 35.6 Å². The number of amides is 1.